The Morgan fingerprint density at radius 1 is 1.17 bits per heavy atom. The van der Waals surface area contributed by atoms with Crippen LogP contribution < -0.4 is 5.32 Å². The number of aromatic nitrogens is 3. The topological polar surface area (TPSA) is 72.4 Å². The lowest BCUT2D eigenvalue weighted by molar-refractivity contribution is 0.0949. The molecule has 3 heterocycles. The molecule has 0 atom stereocenters. The third kappa shape index (κ3) is 3.66. The van der Waals surface area contributed by atoms with E-state index in [9.17, 15) is 4.79 Å². The minimum atomic E-state index is -0.218. The summed E-state index contributed by atoms with van der Waals surface area (Å²) in [5, 5.41) is 7.30. The minimum Gasteiger partial charge on any atom is -0.467 e. The average molecular weight is 388 g/mol. The van der Waals surface area contributed by atoms with Gasteiger partial charge in [-0.05, 0) is 56.5 Å². The van der Waals surface area contributed by atoms with Crippen LogP contribution in [0.2, 0.25) is 0 Å². The number of aryl methyl sites for hydroxylation is 4. The highest BCUT2D eigenvalue weighted by atomic mass is 16.3. The summed E-state index contributed by atoms with van der Waals surface area (Å²) >= 11 is 0. The summed E-state index contributed by atoms with van der Waals surface area (Å²) in [4.78, 5) is 17.4. The molecule has 0 aliphatic carbocycles. The first-order valence-corrected chi connectivity index (χ1v) is 9.64. The SMILES string of the molecule is Cc1ccc(C)c(Cc2c(C)nc3c(C(=O)NCc4ccco4)cnn3c2C)c1. The molecule has 0 bridgehead atoms. The Kier molecular flexibility index (Phi) is 4.92. The predicted octanol–water partition coefficient (Wildman–Crippen LogP) is 4.08. The standard InChI is InChI=1S/C23H24N4O2/c1-14-7-8-15(2)18(10-14)11-20-16(3)26-22-21(13-25-27(22)17(20)4)23(28)24-12-19-6-5-9-29-19/h5-10,13H,11-12H2,1-4H3,(H,24,28). The third-order valence-electron chi connectivity index (χ3n) is 5.33. The number of hydrogen-bond acceptors (Lipinski definition) is 4. The maximum Gasteiger partial charge on any atom is 0.257 e. The van der Waals surface area contributed by atoms with Gasteiger partial charge >= 0.3 is 0 Å². The van der Waals surface area contributed by atoms with Gasteiger partial charge in [-0.2, -0.15) is 5.10 Å². The highest BCUT2D eigenvalue weighted by Crippen LogP contribution is 2.22. The van der Waals surface area contributed by atoms with E-state index in [1.54, 1.807) is 23.0 Å². The number of fused-ring (bicyclic) bond motifs is 1. The number of carbonyl (C=O) groups excluding carboxylic acids is 1. The Hall–Kier alpha value is -3.41. The number of hydrogen-bond donors (Lipinski definition) is 1. The molecule has 0 fully saturated rings. The molecule has 3 aromatic heterocycles. The molecule has 0 spiro atoms. The number of nitrogens with one attached hydrogen (secondary N) is 1. The Balaban J connectivity index is 1.66. The molecule has 1 N–H and O–H groups in total. The van der Waals surface area contributed by atoms with Crippen LogP contribution in [-0.2, 0) is 13.0 Å². The summed E-state index contributed by atoms with van der Waals surface area (Å²) in [5.74, 6) is 0.482. The maximum absolute atomic E-state index is 12.6. The Labute approximate surface area is 169 Å². The number of carbonyl (C=O) groups is 1. The molecule has 4 rings (SSSR count). The zero-order valence-electron chi connectivity index (χ0n) is 17.1. The lowest BCUT2D eigenvalue weighted by Crippen LogP contribution is -2.22. The zero-order chi connectivity index (χ0) is 20.5. The first kappa shape index (κ1) is 18.9. The van der Waals surface area contributed by atoms with Gasteiger partial charge in [0.25, 0.3) is 5.91 Å². The molecule has 0 saturated heterocycles. The molecular weight excluding hydrogens is 364 g/mol. The van der Waals surface area contributed by atoms with Gasteiger partial charge in [0.2, 0.25) is 0 Å². The highest BCUT2D eigenvalue weighted by molar-refractivity contribution is 5.99. The van der Waals surface area contributed by atoms with Gasteiger partial charge in [-0.1, -0.05) is 23.8 Å². The van der Waals surface area contributed by atoms with Gasteiger partial charge in [0.05, 0.1) is 19.0 Å². The van der Waals surface area contributed by atoms with Crippen LogP contribution in [0.3, 0.4) is 0 Å². The van der Waals surface area contributed by atoms with Crippen LogP contribution in [-0.4, -0.2) is 20.5 Å². The summed E-state index contributed by atoms with van der Waals surface area (Å²) in [5.41, 5.74) is 7.85. The maximum atomic E-state index is 12.6. The van der Waals surface area contributed by atoms with Gasteiger partial charge < -0.3 is 9.73 Å². The second kappa shape index (κ2) is 7.54. The van der Waals surface area contributed by atoms with Gasteiger partial charge in [-0.25, -0.2) is 9.50 Å². The lowest BCUT2D eigenvalue weighted by atomic mass is 9.97. The largest absolute Gasteiger partial charge is 0.467 e. The zero-order valence-corrected chi connectivity index (χ0v) is 17.1. The van der Waals surface area contributed by atoms with E-state index in [0.717, 1.165) is 23.4 Å². The second-order valence-electron chi connectivity index (χ2n) is 7.42. The summed E-state index contributed by atoms with van der Waals surface area (Å²) in [6.45, 7) is 8.57. The molecule has 4 aromatic rings. The number of benzene rings is 1. The lowest BCUT2D eigenvalue weighted by Gasteiger charge is -2.13. The fourth-order valence-electron chi connectivity index (χ4n) is 3.58. The summed E-state index contributed by atoms with van der Waals surface area (Å²) < 4.78 is 7.03. The Morgan fingerprint density at radius 3 is 2.76 bits per heavy atom. The first-order chi connectivity index (χ1) is 13.9. The van der Waals surface area contributed by atoms with Crippen molar-refractivity contribution in [3.63, 3.8) is 0 Å². The summed E-state index contributed by atoms with van der Waals surface area (Å²) in [6.07, 6.45) is 3.95. The molecule has 1 aromatic carbocycles. The number of furan rings is 1. The number of nitrogens with zero attached hydrogens (tertiary/aromatic N) is 3. The van der Waals surface area contributed by atoms with E-state index in [2.05, 4.69) is 42.5 Å². The Bertz CT molecular complexity index is 1190. The normalized spacial score (nSPS) is 11.2. The van der Waals surface area contributed by atoms with Crippen molar-refractivity contribution in [2.45, 2.75) is 40.7 Å². The molecule has 1 amide bonds. The van der Waals surface area contributed by atoms with Gasteiger partial charge in [-0.15, -0.1) is 0 Å². The van der Waals surface area contributed by atoms with Crippen molar-refractivity contribution in [1.29, 1.82) is 0 Å². The molecule has 6 nitrogen and oxygen atoms in total. The van der Waals surface area contributed by atoms with Gasteiger partial charge in [0.1, 0.15) is 11.3 Å². The van der Waals surface area contributed by atoms with Crippen LogP contribution in [0.15, 0.2) is 47.2 Å². The molecule has 6 heteroatoms. The van der Waals surface area contributed by atoms with Crippen molar-refractivity contribution in [3.05, 3.63) is 87.8 Å². The molecule has 0 aliphatic heterocycles. The van der Waals surface area contributed by atoms with Gasteiger partial charge in [-0.3, -0.25) is 4.79 Å². The van der Waals surface area contributed by atoms with Gasteiger partial charge in [0, 0.05) is 17.8 Å². The molecule has 0 unspecified atom stereocenters. The van der Waals surface area contributed by atoms with Crippen LogP contribution in [0.5, 0.6) is 0 Å². The molecule has 29 heavy (non-hydrogen) atoms. The van der Waals surface area contributed by atoms with Crippen LogP contribution in [0.4, 0.5) is 0 Å². The van der Waals surface area contributed by atoms with Crippen molar-refractivity contribution in [1.82, 2.24) is 19.9 Å². The van der Waals surface area contributed by atoms with E-state index in [4.69, 9.17) is 9.40 Å². The van der Waals surface area contributed by atoms with E-state index in [1.807, 2.05) is 19.9 Å². The fraction of sp³-hybridized carbons (Fsp3) is 0.261. The van der Waals surface area contributed by atoms with Crippen molar-refractivity contribution in [2.75, 3.05) is 0 Å². The quantitative estimate of drug-likeness (QED) is 0.559. The van der Waals surface area contributed by atoms with Gasteiger partial charge in [0.15, 0.2) is 5.65 Å². The van der Waals surface area contributed by atoms with E-state index in [0.29, 0.717) is 23.5 Å². The van der Waals surface area contributed by atoms with Crippen molar-refractivity contribution >= 4 is 11.6 Å². The number of rotatable bonds is 5. The summed E-state index contributed by atoms with van der Waals surface area (Å²) in [7, 11) is 0. The Morgan fingerprint density at radius 2 is 2.00 bits per heavy atom. The van der Waals surface area contributed by atoms with Crippen molar-refractivity contribution in [2.24, 2.45) is 0 Å². The van der Waals surface area contributed by atoms with E-state index in [-0.39, 0.29) is 5.91 Å². The van der Waals surface area contributed by atoms with Crippen molar-refractivity contribution < 1.29 is 9.21 Å². The van der Waals surface area contributed by atoms with Crippen LogP contribution in [0, 0.1) is 27.7 Å². The molecule has 0 radical (unpaired) electrons. The van der Waals surface area contributed by atoms with Crippen molar-refractivity contribution in [3.8, 4) is 0 Å². The van der Waals surface area contributed by atoms with Crippen LogP contribution >= 0.6 is 0 Å². The average Bonchev–Trinajstić information content (AvgIpc) is 3.35. The highest BCUT2D eigenvalue weighted by Gasteiger charge is 2.19. The smallest absolute Gasteiger partial charge is 0.257 e. The number of amides is 1. The molecular formula is C23H24N4O2. The molecule has 0 saturated carbocycles. The van der Waals surface area contributed by atoms with Crippen LogP contribution in [0.1, 0.15) is 49.8 Å². The fourth-order valence-corrected chi connectivity index (χ4v) is 3.58. The minimum absolute atomic E-state index is 0.218. The first-order valence-electron chi connectivity index (χ1n) is 9.64. The second-order valence-corrected chi connectivity index (χ2v) is 7.42. The summed E-state index contributed by atoms with van der Waals surface area (Å²) in [6, 6.07) is 10.1. The molecule has 148 valence electrons. The predicted molar refractivity (Wildman–Crippen MR) is 111 cm³/mol. The third-order valence-corrected chi connectivity index (χ3v) is 5.33. The van der Waals surface area contributed by atoms with E-state index in [1.165, 1.54) is 16.7 Å². The van der Waals surface area contributed by atoms with E-state index < -0.39 is 0 Å². The molecule has 0 aliphatic rings. The van der Waals surface area contributed by atoms with E-state index >= 15 is 0 Å². The van der Waals surface area contributed by atoms with Crippen LogP contribution in [0.25, 0.3) is 5.65 Å². The monoisotopic (exact) mass is 388 g/mol.